The Balaban J connectivity index is 0.000000193. The number of fused-ring (bicyclic) bond motifs is 4. The van der Waals surface area contributed by atoms with Gasteiger partial charge in [0.1, 0.15) is 0 Å². The molecule has 0 heterocycles. The van der Waals surface area contributed by atoms with E-state index in [1.807, 2.05) is 0 Å². The van der Waals surface area contributed by atoms with Crippen LogP contribution in [0.4, 0.5) is 0 Å². The van der Waals surface area contributed by atoms with Crippen LogP contribution in [0, 0.1) is 166 Å². The summed E-state index contributed by atoms with van der Waals surface area (Å²) < 4.78 is 0. The van der Waals surface area contributed by atoms with Crippen molar-refractivity contribution in [1.82, 2.24) is 0 Å². The number of hydrogen-bond donors (Lipinski definition) is 0. The second-order valence-corrected chi connectivity index (χ2v) is 25.8. The van der Waals surface area contributed by atoms with Crippen molar-refractivity contribution >= 4 is 0 Å². The van der Waals surface area contributed by atoms with E-state index < -0.39 is 0 Å². The molecule has 0 heteroatoms. The number of hydrogen-bond acceptors (Lipinski definition) is 0. The van der Waals surface area contributed by atoms with Gasteiger partial charge in [-0.1, -0.05) is 185 Å². The second-order valence-electron chi connectivity index (χ2n) is 25.8. The van der Waals surface area contributed by atoms with Gasteiger partial charge in [-0.3, -0.25) is 0 Å². The predicted octanol–water partition coefficient (Wildman–Crippen LogP) is 18.7. The van der Waals surface area contributed by atoms with Crippen LogP contribution in [-0.4, -0.2) is 0 Å². The van der Waals surface area contributed by atoms with Gasteiger partial charge < -0.3 is 0 Å². The average molecular weight is 836 g/mol. The van der Waals surface area contributed by atoms with Gasteiger partial charge in [0, 0.05) is 0 Å². The van der Waals surface area contributed by atoms with Gasteiger partial charge in [0.05, 0.1) is 0 Å². The lowest BCUT2D eigenvalue weighted by Crippen LogP contribution is -2.44. The van der Waals surface area contributed by atoms with Crippen LogP contribution in [0.15, 0.2) is 12.2 Å². The normalized spacial score (nSPS) is 54.3. The summed E-state index contributed by atoms with van der Waals surface area (Å²) in [5, 5.41) is 0. The van der Waals surface area contributed by atoms with Gasteiger partial charge in [0.15, 0.2) is 0 Å². The van der Waals surface area contributed by atoms with E-state index in [0.717, 1.165) is 166 Å². The SMILES string of the molecule is CC1C(C)C(C)C1C.CC1C(C)C2C=CC1C(C)C2C.CC1C(C)C2CC1C(C)C2C.CC1CC(C)C(C)C1C.CC1CC(C)C(C)CC1C.CCC1C(C)CC(C)C1C. The molecule has 354 valence electrons. The van der Waals surface area contributed by atoms with Crippen molar-refractivity contribution in [2.75, 3.05) is 0 Å². The Bertz CT molecular complexity index is 1100. The van der Waals surface area contributed by atoms with E-state index in [4.69, 9.17) is 0 Å². The van der Waals surface area contributed by atoms with Crippen LogP contribution in [0.1, 0.15) is 205 Å². The minimum Gasteiger partial charge on any atom is -0.0846 e. The molecule has 0 saturated heterocycles. The van der Waals surface area contributed by atoms with Crippen LogP contribution in [0.5, 0.6) is 0 Å². The van der Waals surface area contributed by atoms with Crippen molar-refractivity contribution in [3.05, 3.63) is 12.2 Å². The Kier molecular flexibility index (Phi) is 21.0. The highest BCUT2D eigenvalue weighted by molar-refractivity contribution is 5.12. The molecule has 60 heavy (non-hydrogen) atoms. The van der Waals surface area contributed by atoms with Crippen LogP contribution in [0.2, 0.25) is 0 Å². The maximum absolute atomic E-state index is 2.47. The molecule has 20 unspecified atom stereocenters. The van der Waals surface area contributed by atoms with Crippen molar-refractivity contribution in [3.63, 3.8) is 0 Å². The zero-order chi connectivity index (χ0) is 45.8. The molecular weight excluding hydrogens is 721 g/mol. The van der Waals surface area contributed by atoms with Crippen molar-refractivity contribution in [2.45, 2.75) is 205 Å². The van der Waals surface area contributed by atoms with Gasteiger partial charge in [-0.2, -0.15) is 0 Å². The number of rotatable bonds is 1. The minimum absolute atomic E-state index is 0.861. The van der Waals surface area contributed by atoms with Crippen molar-refractivity contribution < 1.29 is 0 Å². The molecule has 7 saturated carbocycles. The lowest BCUT2D eigenvalue weighted by molar-refractivity contribution is 0.0302. The van der Waals surface area contributed by atoms with Crippen LogP contribution in [-0.2, 0) is 0 Å². The first-order valence-corrected chi connectivity index (χ1v) is 27.5. The topological polar surface area (TPSA) is 0 Å². The maximum atomic E-state index is 2.47. The zero-order valence-electron chi connectivity index (χ0n) is 45.6. The molecule has 0 aliphatic heterocycles. The van der Waals surface area contributed by atoms with E-state index in [9.17, 15) is 0 Å². The Labute approximate surface area is 381 Å². The maximum Gasteiger partial charge on any atom is -0.0176 e. The molecule has 0 aromatic heterocycles. The molecule has 0 aromatic rings. The standard InChI is InChI=1S/C12H20.C11H20.2C10H20.C9H18.C8H16/c1-7-8(2)12-6-5-11(7)9(3)10(12)4;1-6-7(2)11-5-10(6)8(3)9(11)4;1-7-5-9(3)10(4)6-8(7)2;1-5-10-8(3)6-7(2)9(10)4;1-6-5-7(2)9(4)8(6)3;1-5-6(2)8(4)7(5)3/h5-12H,1-4H3;6-11H,5H2,1-4H3;2*7-10H,5-6H2,1-4H3;6-9H,5H2,1-4H3;5-8H,1-4H3. The molecule has 20 atom stereocenters. The van der Waals surface area contributed by atoms with Gasteiger partial charge >= 0.3 is 0 Å². The summed E-state index contributed by atoms with van der Waals surface area (Å²) in [5.74, 6) is 27.1. The van der Waals surface area contributed by atoms with Gasteiger partial charge in [0.2, 0.25) is 0 Å². The van der Waals surface area contributed by atoms with E-state index in [2.05, 4.69) is 178 Å². The Morgan fingerprint density at radius 3 is 0.683 bits per heavy atom. The molecular formula is C60H114. The molecule has 0 spiro atoms. The van der Waals surface area contributed by atoms with E-state index in [1.165, 1.54) is 38.5 Å². The molecule has 9 aliphatic carbocycles. The third kappa shape index (κ3) is 12.3. The molecule has 7 fully saturated rings. The summed E-state index contributed by atoms with van der Waals surface area (Å²) in [6.07, 6.45) is 13.7. The van der Waals surface area contributed by atoms with Gasteiger partial charge in [-0.15, -0.1) is 0 Å². The van der Waals surface area contributed by atoms with E-state index in [0.29, 0.717) is 0 Å². The molecule has 9 rings (SSSR count). The second kappa shape index (κ2) is 23.3. The molecule has 0 radical (unpaired) electrons. The zero-order valence-corrected chi connectivity index (χ0v) is 45.6. The van der Waals surface area contributed by atoms with Crippen molar-refractivity contribution in [1.29, 1.82) is 0 Å². The third-order valence-corrected chi connectivity index (χ3v) is 23.2. The quantitative estimate of drug-likeness (QED) is 0.231. The summed E-state index contributed by atoms with van der Waals surface area (Å²) in [5.41, 5.74) is 0. The van der Waals surface area contributed by atoms with Crippen LogP contribution >= 0.6 is 0 Å². The van der Waals surface area contributed by atoms with E-state index in [-0.39, 0.29) is 0 Å². The molecule has 0 amide bonds. The largest absolute Gasteiger partial charge is 0.0846 e. The number of allylic oxidation sites excluding steroid dienone is 2. The lowest BCUT2D eigenvalue weighted by atomic mass is 9.55. The first-order chi connectivity index (χ1) is 27.8. The minimum atomic E-state index is 0.861. The first-order valence-electron chi connectivity index (χ1n) is 27.5. The monoisotopic (exact) mass is 835 g/mol. The molecule has 0 aromatic carbocycles. The summed E-state index contributed by atoms with van der Waals surface area (Å²) in [4.78, 5) is 0. The fraction of sp³-hybridized carbons (Fsp3) is 0.967. The highest BCUT2D eigenvalue weighted by atomic mass is 14.6. The smallest absolute Gasteiger partial charge is 0.0176 e. The van der Waals surface area contributed by atoms with Crippen LogP contribution in [0.25, 0.3) is 0 Å². The van der Waals surface area contributed by atoms with E-state index in [1.54, 1.807) is 0 Å². The Morgan fingerprint density at radius 2 is 0.500 bits per heavy atom. The van der Waals surface area contributed by atoms with Crippen LogP contribution in [0.3, 0.4) is 0 Å². The van der Waals surface area contributed by atoms with Gasteiger partial charge in [0.25, 0.3) is 0 Å². The Hall–Kier alpha value is -0.260. The predicted molar refractivity (Wildman–Crippen MR) is 271 cm³/mol. The molecule has 0 nitrogen and oxygen atoms in total. The summed E-state index contributed by atoms with van der Waals surface area (Å²) in [6.45, 7) is 57.6. The summed E-state index contributed by atoms with van der Waals surface area (Å²) >= 11 is 0. The highest BCUT2D eigenvalue weighted by Gasteiger charge is 2.51. The summed E-state index contributed by atoms with van der Waals surface area (Å²) in [6, 6.07) is 0. The third-order valence-electron chi connectivity index (χ3n) is 23.2. The highest BCUT2D eigenvalue weighted by Crippen LogP contribution is 2.57. The first kappa shape index (κ1) is 54.1. The fourth-order valence-electron chi connectivity index (χ4n) is 15.6. The van der Waals surface area contributed by atoms with Crippen molar-refractivity contribution in [3.8, 4) is 0 Å². The van der Waals surface area contributed by atoms with E-state index >= 15 is 0 Å². The molecule has 9 aliphatic rings. The summed E-state index contributed by atoms with van der Waals surface area (Å²) in [7, 11) is 0. The lowest BCUT2D eigenvalue weighted by Gasteiger charge is -2.50. The van der Waals surface area contributed by atoms with Gasteiger partial charge in [-0.25, -0.2) is 0 Å². The average Bonchev–Trinajstić information content (AvgIpc) is 3.84. The van der Waals surface area contributed by atoms with Crippen LogP contribution < -0.4 is 0 Å². The van der Waals surface area contributed by atoms with Gasteiger partial charge in [-0.05, 0) is 198 Å². The molecule has 0 N–H and O–H groups in total. The van der Waals surface area contributed by atoms with Crippen molar-refractivity contribution in [2.24, 2.45) is 166 Å². The molecule has 4 bridgehead atoms. The fourth-order valence-corrected chi connectivity index (χ4v) is 15.6. The Morgan fingerprint density at radius 1 is 0.250 bits per heavy atom.